The molecule has 2 aliphatic rings. The summed E-state index contributed by atoms with van der Waals surface area (Å²) in [6.45, 7) is 4.65. The predicted molar refractivity (Wildman–Crippen MR) is 103 cm³/mol. The van der Waals surface area contributed by atoms with Gasteiger partial charge in [-0.2, -0.15) is 0 Å². The second kappa shape index (κ2) is 9.66. The maximum absolute atomic E-state index is 5.43. The maximum Gasteiger partial charge on any atom is -1.00 e. The molecule has 0 heterocycles. The van der Waals surface area contributed by atoms with E-state index in [4.69, 9.17) is 9.47 Å². The molecule has 4 rings (SSSR count). The summed E-state index contributed by atoms with van der Waals surface area (Å²) in [7, 11) is 3.48. The molecule has 2 aliphatic carbocycles. The first-order valence-electron chi connectivity index (χ1n) is 9.12. The van der Waals surface area contributed by atoms with Crippen LogP contribution >= 0.6 is 0 Å². The number of halogens is 2. The molecule has 0 aromatic heterocycles. The number of hydrogen-bond acceptors (Lipinski definition) is 2. The quantitative estimate of drug-likeness (QED) is 0.567. The molecule has 0 saturated carbocycles. The topological polar surface area (TPSA) is 18.5 Å². The number of allylic oxidation sites excluding steroid dienone is 2. The van der Waals surface area contributed by atoms with Crippen LogP contribution in [0.2, 0.25) is 0 Å². The summed E-state index contributed by atoms with van der Waals surface area (Å²) in [5.41, 5.74) is 7.29. The Morgan fingerprint density at radius 2 is 1.46 bits per heavy atom. The molecule has 28 heavy (non-hydrogen) atoms. The summed E-state index contributed by atoms with van der Waals surface area (Å²) in [5.74, 6) is 2.48. The van der Waals surface area contributed by atoms with Gasteiger partial charge in [-0.05, 0) is 0 Å². The van der Waals surface area contributed by atoms with Crippen LogP contribution in [0.5, 0.6) is 11.5 Å². The van der Waals surface area contributed by atoms with Crippen molar-refractivity contribution in [3.63, 3.8) is 0 Å². The van der Waals surface area contributed by atoms with E-state index in [1.165, 1.54) is 22.3 Å². The van der Waals surface area contributed by atoms with Crippen molar-refractivity contribution < 1.29 is 57.5 Å². The Morgan fingerprint density at radius 1 is 0.857 bits per heavy atom. The Balaban J connectivity index is 0.00000140. The van der Waals surface area contributed by atoms with Crippen molar-refractivity contribution in [3.8, 4) is 11.5 Å². The molecule has 2 atom stereocenters. The van der Waals surface area contributed by atoms with Crippen LogP contribution in [0.15, 0.2) is 48.0 Å². The van der Waals surface area contributed by atoms with Gasteiger partial charge < -0.3 is 24.8 Å². The molecule has 0 N–H and O–H groups in total. The molecule has 5 heteroatoms. The SMILES string of the molecule is COc1ccc2c(c1)C=C[CH]2[Zr+2][CH]1C(C(C)C)=Cc2cc(OC)ccc21.[Cl-].[Cl-]. The Labute approximate surface area is 191 Å². The third-order valence-electron chi connectivity index (χ3n) is 5.37. The van der Waals surface area contributed by atoms with Gasteiger partial charge in [0.15, 0.2) is 0 Å². The van der Waals surface area contributed by atoms with Crippen molar-refractivity contribution >= 4 is 12.2 Å². The maximum atomic E-state index is 5.43. The summed E-state index contributed by atoms with van der Waals surface area (Å²) in [5, 5.41) is 0. The molecule has 0 radical (unpaired) electrons. The second-order valence-corrected chi connectivity index (χ2v) is 11.0. The van der Waals surface area contributed by atoms with Crippen LogP contribution in [0.4, 0.5) is 0 Å². The molecule has 0 spiro atoms. The predicted octanol–water partition coefficient (Wildman–Crippen LogP) is -0.343. The molecular weight excluding hydrogens is 470 g/mol. The Morgan fingerprint density at radius 3 is 2.07 bits per heavy atom. The molecule has 0 fully saturated rings. The van der Waals surface area contributed by atoms with E-state index < -0.39 is 23.2 Å². The van der Waals surface area contributed by atoms with Gasteiger partial charge in [0, 0.05) is 0 Å². The van der Waals surface area contributed by atoms with E-state index in [2.05, 4.69) is 68.5 Å². The van der Waals surface area contributed by atoms with Gasteiger partial charge in [0.25, 0.3) is 0 Å². The van der Waals surface area contributed by atoms with Crippen LogP contribution in [0, 0.1) is 5.92 Å². The van der Waals surface area contributed by atoms with E-state index >= 15 is 0 Å². The molecule has 2 nitrogen and oxygen atoms in total. The minimum atomic E-state index is -0.759. The molecule has 2 aromatic rings. The largest absolute Gasteiger partial charge is 1.00 e. The van der Waals surface area contributed by atoms with Crippen molar-refractivity contribution in [3.05, 3.63) is 70.3 Å². The second-order valence-electron chi connectivity index (χ2n) is 7.23. The minimum Gasteiger partial charge on any atom is -1.00 e. The standard InChI is InChI=1S/C13H15O.C10H9O.2ClH.Zr/c1-9(2)11-6-10-4-5-13(14-3)8-12(10)7-11;1-11-10-6-5-8-3-2-4-9(8)7-10;;;/h4-9H,1-3H3;2-7H,1H3;2*1H;/q;;;;+2/p-2. The molecule has 0 saturated heterocycles. The van der Waals surface area contributed by atoms with Gasteiger partial charge in [0.05, 0.1) is 0 Å². The van der Waals surface area contributed by atoms with Crippen LogP contribution in [0.25, 0.3) is 12.2 Å². The Kier molecular flexibility index (Phi) is 8.02. The number of rotatable bonds is 5. The molecule has 0 aliphatic heterocycles. The van der Waals surface area contributed by atoms with E-state index in [-0.39, 0.29) is 24.8 Å². The molecule has 2 unspecified atom stereocenters. The van der Waals surface area contributed by atoms with Gasteiger partial charge in [-0.25, -0.2) is 0 Å². The molecular formula is C23H24Cl2O2Zr. The Bertz CT molecular complexity index is 905. The molecule has 146 valence electrons. The molecule has 0 amide bonds. The zero-order valence-electron chi connectivity index (χ0n) is 16.5. The molecule has 0 bridgehead atoms. The van der Waals surface area contributed by atoms with Crippen molar-refractivity contribution in [2.45, 2.75) is 21.1 Å². The van der Waals surface area contributed by atoms with Gasteiger partial charge in [-0.3, -0.25) is 0 Å². The van der Waals surface area contributed by atoms with Crippen molar-refractivity contribution in [2.24, 2.45) is 5.92 Å². The van der Waals surface area contributed by atoms with Crippen LogP contribution in [0.1, 0.15) is 43.4 Å². The van der Waals surface area contributed by atoms with E-state index in [0.717, 1.165) is 11.5 Å². The van der Waals surface area contributed by atoms with Gasteiger partial charge >= 0.3 is 168 Å². The van der Waals surface area contributed by atoms with E-state index in [9.17, 15) is 0 Å². The average molecular weight is 495 g/mol. The van der Waals surface area contributed by atoms with Gasteiger partial charge in [0.1, 0.15) is 0 Å². The van der Waals surface area contributed by atoms with Crippen LogP contribution in [0.3, 0.4) is 0 Å². The minimum absolute atomic E-state index is 0. The van der Waals surface area contributed by atoms with Crippen LogP contribution in [-0.2, 0) is 23.2 Å². The summed E-state index contributed by atoms with van der Waals surface area (Å²) in [4.78, 5) is 0. The van der Waals surface area contributed by atoms with Crippen molar-refractivity contribution in [1.29, 1.82) is 0 Å². The zero-order valence-corrected chi connectivity index (χ0v) is 20.5. The number of ether oxygens (including phenoxy) is 2. The summed E-state index contributed by atoms with van der Waals surface area (Å²) >= 11 is -0.759. The first-order chi connectivity index (χ1) is 12.6. The van der Waals surface area contributed by atoms with Gasteiger partial charge in [-0.15, -0.1) is 0 Å². The van der Waals surface area contributed by atoms with E-state index in [0.29, 0.717) is 13.2 Å². The van der Waals surface area contributed by atoms with Crippen molar-refractivity contribution in [2.75, 3.05) is 14.2 Å². The fourth-order valence-corrected chi connectivity index (χ4v) is 9.00. The Hall–Kier alpha value is -1.02. The summed E-state index contributed by atoms with van der Waals surface area (Å²) in [6.07, 6.45) is 7.13. The van der Waals surface area contributed by atoms with Gasteiger partial charge in [0.2, 0.25) is 0 Å². The van der Waals surface area contributed by atoms with E-state index in [1.54, 1.807) is 19.8 Å². The molecule has 2 aromatic carbocycles. The number of fused-ring (bicyclic) bond motifs is 2. The summed E-state index contributed by atoms with van der Waals surface area (Å²) in [6, 6.07) is 13.1. The number of methoxy groups -OCH3 is 2. The monoisotopic (exact) mass is 492 g/mol. The average Bonchev–Trinajstić information content (AvgIpc) is 3.22. The first kappa shape index (κ1) is 23.3. The third-order valence-corrected chi connectivity index (χ3v) is 9.89. The van der Waals surface area contributed by atoms with Gasteiger partial charge in [-0.1, -0.05) is 0 Å². The van der Waals surface area contributed by atoms with Crippen molar-refractivity contribution in [1.82, 2.24) is 0 Å². The number of hydrogen-bond donors (Lipinski definition) is 0. The summed E-state index contributed by atoms with van der Waals surface area (Å²) < 4.78 is 12.1. The first-order valence-corrected chi connectivity index (χ1v) is 12.0. The smallest absolute Gasteiger partial charge is 1.00 e. The fourth-order valence-electron chi connectivity index (χ4n) is 3.93. The van der Waals surface area contributed by atoms with Crippen LogP contribution in [-0.4, -0.2) is 14.2 Å². The number of benzene rings is 2. The third kappa shape index (κ3) is 4.27. The zero-order chi connectivity index (χ0) is 18.3. The van der Waals surface area contributed by atoms with Crippen LogP contribution < -0.4 is 34.3 Å². The fraction of sp³-hybridized carbons (Fsp3) is 0.304. The normalized spacial score (nSPS) is 18.4. The van der Waals surface area contributed by atoms with E-state index in [1.807, 2.05) is 0 Å².